The number of piperidine rings is 1. The topological polar surface area (TPSA) is 12.0 Å². The van der Waals surface area contributed by atoms with Gasteiger partial charge in [-0.1, -0.05) is 25.7 Å². The van der Waals surface area contributed by atoms with E-state index in [0.717, 1.165) is 11.8 Å². The lowest BCUT2D eigenvalue weighted by Crippen LogP contribution is -2.35. The summed E-state index contributed by atoms with van der Waals surface area (Å²) in [6, 6.07) is 0. The SMILES string of the molecule is C1CCC2CCNCC2CC1. The fraction of sp³-hybridized carbons (Fsp3) is 1.00. The van der Waals surface area contributed by atoms with E-state index in [1.807, 2.05) is 0 Å². The van der Waals surface area contributed by atoms with Crippen LogP contribution < -0.4 is 5.32 Å². The molecule has 1 saturated heterocycles. The van der Waals surface area contributed by atoms with Gasteiger partial charge in [-0.25, -0.2) is 0 Å². The average Bonchev–Trinajstić information content (AvgIpc) is 2.28. The van der Waals surface area contributed by atoms with Crippen molar-refractivity contribution in [3.8, 4) is 0 Å². The minimum Gasteiger partial charge on any atom is -0.316 e. The molecule has 1 heterocycles. The van der Waals surface area contributed by atoms with Gasteiger partial charge < -0.3 is 5.32 Å². The number of nitrogens with one attached hydrogen (secondary N) is 1. The lowest BCUT2D eigenvalue weighted by Gasteiger charge is -2.30. The lowest BCUT2D eigenvalue weighted by atomic mass is 9.83. The maximum atomic E-state index is 3.51. The molecule has 0 aromatic heterocycles. The Bertz CT molecular complexity index is 108. The predicted octanol–water partition coefficient (Wildman–Crippen LogP) is 2.18. The summed E-state index contributed by atoms with van der Waals surface area (Å²) < 4.78 is 0. The summed E-state index contributed by atoms with van der Waals surface area (Å²) in [5, 5.41) is 3.51. The minimum atomic E-state index is 1.03. The molecule has 64 valence electrons. The third kappa shape index (κ3) is 1.76. The van der Waals surface area contributed by atoms with Gasteiger partial charge >= 0.3 is 0 Å². The van der Waals surface area contributed by atoms with Crippen LogP contribution in [0.4, 0.5) is 0 Å². The number of hydrogen-bond acceptors (Lipinski definition) is 1. The van der Waals surface area contributed by atoms with Crippen LogP contribution in [-0.2, 0) is 0 Å². The van der Waals surface area contributed by atoms with Gasteiger partial charge in [0.05, 0.1) is 0 Å². The summed E-state index contributed by atoms with van der Waals surface area (Å²) in [6.45, 7) is 2.59. The van der Waals surface area contributed by atoms with E-state index in [4.69, 9.17) is 0 Å². The molecule has 0 aromatic rings. The van der Waals surface area contributed by atoms with E-state index in [9.17, 15) is 0 Å². The highest BCUT2D eigenvalue weighted by Crippen LogP contribution is 2.32. The van der Waals surface area contributed by atoms with Crippen molar-refractivity contribution in [3.63, 3.8) is 0 Å². The number of rotatable bonds is 0. The Kier molecular flexibility index (Phi) is 2.47. The summed E-state index contributed by atoms with van der Waals surface area (Å²) in [5.74, 6) is 2.12. The Morgan fingerprint density at radius 3 is 2.55 bits per heavy atom. The van der Waals surface area contributed by atoms with Gasteiger partial charge in [0.1, 0.15) is 0 Å². The van der Waals surface area contributed by atoms with Crippen molar-refractivity contribution < 1.29 is 0 Å². The smallest absolute Gasteiger partial charge is 0.00179 e. The first-order chi connectivity index (χ1) is 5.47. The number of hydrogen-bond donors (Lipinski definition) is 1. The van der Waals surface area contributed by atoms with E-state index in [-0.39, 0.29) is 0 Å². The minimum absolute atomic E-state index is 1.03. The highest BCUT2D eigenvalue weighted by atomic mass is 14.9. The van der Waals surface area contributed by atoms with Crippen LogP contribution in [0.5, 0.6) is 0 Å². The van der Waals surface area contributed by atoms with Crippen molar-refractivity contribution in [2.24, 2.45) is 11.8 Å². The first-order valence-corrected chi connectivity index (χ1v) is 5.17. The Hall–Kier alpha value is -0.0400. The molecule has 1 N–H and O–H groups in total. The van der Waals surface area contributed by atoms with Crippen molar-refractivity contribution in [2.45, 2.75) is 38.5 Å². The molecule has 1 nitrogen and oxygen atoms in total. The van der Waals surface area contributed by atoms with E-state index in [1.165, 1.54) is 51.6 Å². The van der Waals surface area contributed by atoms with Crippen LogP contribution in [0.3, 0.4) is 0 Å². The van der Waals surface area contributed by atoms with Gasteiger partial charge in [0.2, 0.25) is 0 Å². The fourth-order valence-electron chi connectivity index (χ4n) is 2.68. The molecule has 1 heteroatoms. The molecule has 2 atom stereocenters. The van der Waals surface area contributed by atoms with Crippen LogP contribution in [0.1, 0.15) is 38.5 Å². The van der Waals surface area contributed by atoms with Gasteiger partial charge in [-0.15, -0.1) is 0 Å². The second-order valence-electron chi connectivity index (χ2n) is 4.15. The summed E-state index contributed by atoms with van der Waals surface area (Å²) in [7, 11) is 0. The quantitative estimate of drug-likeness (QED) is 0.562. The second-order valence-corrected chi connectivity index (χ2v) is 4.15. The van der Waals surface area contributed by atoms with E-state index in [2.05, 4.69) is 5.32 Å². The van der Waals surface area contributed by atoms with Crippen LogP contribution in [-0.4, -0.2) is 13.1 Å². The predicted molar refractivity (Wildman–Crippen MR) is 47.6 cm³/mol. The molecule has 2 fully saturated rings. The molecule has 0 bridgehead atoms. The van der Waals surface area contributed by atoms with Crippen LogP contribution >= 0.6 is 0 Å². The largest absolute Gasteiger partial charge is 0.316 e. The van der Waals surface area contributed by atoms with Gasteiger partial charge in [-0.05, 0) is 37.8 Å². The maximum absolute atomic E-state index is 3.51. The number of fused-ring (bicyclic) bond motifs is 1. The first-order valence-electron chi connectivity index (χ1n) is 5.17. The molecule has 2 unspecified atom stereocenters. The third-order valence-electron chi connectivity index (χ3n) is 3.41. The summed E-state index contributed by atoms with van der Waals surface area (Å²) in [4.78, 5) is 0. The Labute approximate surface area is 69.6 Å². The highest BCUT2D eigenvalue weighted by molar-refractivity contribution is 4.79. The normalized spacial score (nSPS) is 39.3. The molecule has 1 aliphatic heterocycles. The van der Waals surface area contributed by atoms with Gasteiger partial charge in [0, 0.05) is 0 Å². The van der Waals surface area contributed by atoms with Crippen molar-refractivity contribution in [3.05, 3.63) is 0 Å². The van der Waals surface area contributed by atoms with Crippen LogP contribution in [0.15, 0.2) is 0 Å². The first kappa shape index (κ1) is 7.60. The third-order valence-corrected chi connectivity index (χ3v) is 3.41. The molecule has 0 amide bonds. The highest BCUT2D eigenvalue weighted by Gasteiger charge is 2.25. The van der Waals surface area contributed by atoms with Crippen LogP contribution in [0, 0.1) is 11.8 Å². The molecule has 0 spiro atoms. The van der Waals surface area contributed by atoms with Crippen molar-refractivity contribution in [1.82, 2.24) is 5.32 Å². The zero-order chi connectivity index (χ0) is 7.52. The van der Waals surface area contributed by atoms with Crippen molar-refractivity contribution >= 4 is 0 Å². The summed E-state index contributed by atoms with van der Waals surface area (Å²) >= 11 is 0. The van der Waals surface area contributed by atoms with Crippen molar-refractivity contribution in [2.75, 3.05) is 13.1 Å². The van der Waals surface area contributed by atoms with Gasteiger partial charge in [-0.3, -0.25) is 0 Å². The fourth-order valence-corrected chi connectivity index (χ4v) is 2.68. The Balaban J connectivity index is 1.93. The maximum Gasteiger partial charge on any atom is -0.00179 e. The zero-order valence-electron chi connectivity index (χ0n) is 7.31. The molecule has 2 rings (SSSR count). The average molecular weight is 153 g/mol. The van der Waals surface area contributed by atoms with Gasteiger partial charge in [-0.2, -0.15) is 0 Å². The second kappa shape index (κ2) is 3.57. The van der Waals surface area contributed by atoms with E-state index in [0.29, 0.717) is 0 Å². The monoisotopic (exact) mass is 153 g/mol. The Morgan fingerprint density at radius 1 is 0.818 bits per heavy atom. The van der Waals surface area contributed by atoms with Crippen LogP contribution in [0.2, 0.25) is 0 Å². The molecular weight excluding hydrogens is 134 g/mol. The van der Waals surface area contributed by atoms with Gasteiger partial charge in [0.25, 0.3) is 0 Å². The standard InChI is InChI=1S/C10H19N/c1-2-4-9-6-7-11-8-10(9)5-3-1/h9-11H,1-8H2. The van der Waals surface area contributed by atoms with E-state index < -0.39 is 0 Å². The van der Waals surface area contributed by atoms with Gasteiger partial charge in [0.15, 0.2) is 0 Å². The van der Waals surface area contributed by atoms with E-state index in [1.54, 1.807) is 0 Å². The summed E-state index contributed by atoms with van der Waals surface area (Å²) in [6.07, 6.45) is 8.95. The van der Waals surface area contributed by atoms with E-state index >= 15 is 0 Å². The Morgan fingerprint density at radius 2 is 1.64 bits per heavy atom. The molecule has 1 saturated carbocycles. The van der Waals surface area contributed by atoms with Crippen LogP contribution in [0.25, 0.3) is 0 Å². The molecule has 11 heavy (non-hydrogen) atoms. The lowest BCUT2D eigenvalue weighted by molar-refractivity contribution is 0.241. The zero-order valence-corrected chi connectivity index (χ0v) is 7.31. The molecule has 0 radical (unpaired) electrons. The molecule has 2 aliphatic rings. The summed E-state index contributed by atoms with van der Waals surface area (Å²) in [5.41, 5.74) is 0. The molecule has 1 aliphatic carbocycles. The molecule has 0 aromatic carbocycles. The van der Waals surface area contributed by atoms with Crippen molar-refractivity contribution in [1.29, 1.82) is 0 Å². The molecular formula is C10H19N.